The normalized spacial score (nSPS) is 10.9. The van der Waals surface area contributed by atoms with Crippen LogP contribution in [0, 0.1) is 5.82 Å². The van der Waals surface area contributed by atoms with Crippen molar-refractivity contribution in [3.05, 3.63) is 70.7 Å². The van der Waals surface area contributed by atoms with Gasteiger partial charge in [-0.2, -0.15) is 9.61 Å². The van der Waals surface area contributed by atoms with Crippen LogP contribution in [0.15, 0.2) is 53.7 Å². The van der Waals surface area contributed by atoms with Crippen LogP contribution >= 0.6 is 0 Å². The first-order valence-electron chi connectivity index (χ1n) is 10.1. The molecule has 0 bridgehead atoms. The lowest BCUT2D eigenvalue weighted by molar-refractivity contribution is 0.0952. The van der Waals surface area contributed by atoms with Crippen LogP contribution in [0.2, 0.25) is 0 Å². The first-order chi connectivity index (χ1) is 16.0. The molecule has 0 unspecified atom stereocenters. The van der Waals surface area contributed by atoms with Crippen molar-refractivity contribution < 1.29 is 14.3 Å². The Morgan fingerprint density at radius 2 is 2.12 bits per heavy atom. The van der Waals surface area contributed by atoms with Crippen LogP contribution in [0.4, 0.5) is 21.7 Å². The van der Waals surface area contributed by atoms with E-state index in [0.29, 0.717) is 18.8 Å². The Kier molecular flexibility index (Phi) is 6.26. The third kappa shape index (κ3) is 4.36. The number of fused-ring (bicyclic) bond motifs is 1. The summed E-state index contributed by atoms with van der Waals surface area (Å²) >= 11 is 0. The van der Waals surface area contributed by atoms with Crippen molar-refractivity contribution in [2.24, 2.45) is 0 Å². The first kappa shape index (κ1) is 21.9. The Balaban J connectivity index is 1.72. The fourth-order valence-electron chi connectivity index (χ4n) is 3.19. The summed E-state index contributed by atoms with van der Waals surface area (Å²) in [6, 6.07) is 7.38. The van der Waals surface area contributed by atoms with Gasteiger partial charge in [-0.1, -0.05) is 0 Å². The van der Waals surface area contributed by atoms with Gasteiger partial charge in [0.25, 0.3) is 11.5 Å². The Morgan fingerprint density at radius 3 is 2.88 bits per heavy atom. The van der Waals surface area contributed by atoms with Crippen LogP contribution < -0.4 is 21.5 Å². The van der Waals surface area contributed by atoms with Gasteiger partial charge in [0.05, 0.1) is 6.20 Å². The van der Waals surface area contributed by atoms with Crippen molar-refractivity contribution >= 4 is 28.9 Å². The minimum atomic E-state index is -0.634. The maximum Gasteiger partial charge on any atom is 0.280 e. The summed E-state index contributed by atoms with van der Waals surface area (Å²) in [7, 11) is 1.68. The molecule has 1 amide bonds. The number of carbonyl (C=O) groups is 1. The molecule has 4 aromatic heterocycles. The molecule has 4 rings (SSSR count). The predicted octanol–water partition coefficient (Wildman–Crippen LogP) is 1.31. The number of aliphatic hydroxyl groups is 1. The number of aromatic nitrogens is 5. The van der Waals surface area contributed by atoms with Gasteiger partial charge in [0.15, 0.2) is 17.3 Å². The lowest BCUT2D eigenvalue weighted by Crippen LogP contribution is -2.25. The van der Waals surface area contributed by atoms with Crippen LogP contribution in [-0.4, -0.2) is 55.4 Å². The number of nitrogens with zero attached hydrogens (tertiary/aromatic N) is 5. The molecule has 0 radical (unpaired) electrons. The Labute approximate surface area is 186 Å². The smallest absolute Gasteiger partial charge is 0.280 e. The Hall–Kier alpha value is -4.32. The highest BCUT2D eigenvalue weighted by molar-refractivity contribution is 6.00. The van der Waals surface area contributed by atoms with Crippen molar-refractivity contribution in [2.45, 2.75) is 6.42 Å². The number of halogens is 1. The topological polar surface area (TPSA) is 138 Å². The summed E-state index contributed by atoms with van der Waals surface area (Å²) in [6.45, 7) is 0.263. The third-order valence-corrected chi connectivity index (χ3v) is 4.77. The molecule has 0 fully saturated rings. The third-order valence-electron chi connectivity index (χ3n) is 4.77. The number of amides is 1. The minimum Gasteiger partial charge on any atom is -0.396 e. The zero-order valence-electron chi connectivity index (χ0n) is 17.6. The molecule has 0 aromatic carbocycles. The van der Waals surface area contributed by atoms with Crippen molar-refractivity contribution in [3.63, 3.8) is 0 Å². The molecule has 0 aliphatic rings. The average molecular weight is 452 g/mol. The fraction of sp³-hybridized carbons (Fsp3) is 0.190. The number of anilines is 3. The summed E-state index contributed by atoms with van der Waals surface area (Å²) in [5.74, 6) is -0.358. The first-order valence-corrected chi connectivity index (χ1v) is 10.1. The molecule has 11 nitrogen and oxygen atoms in total. The van der Waals surface area contributed by atoms with Crippen molar-refractivity contribution in [1.82, 2.24) is 29.5 Å². The molecular formula is C21H21FN8O3. The van der Waals surface area contributed by atoms with Gasteiger partial charge in [-0.3, -0.25) is 14.2 Å². The second kappa shape index (κ2) is 9.44. The van der Waals surface area contributed by atoms with E-state index in [4.69, 9.17) is 5.11 Å². The molecule has 0 aliphatic heterocycles. The highest BCUT2D eigenvalue weighted by Gasteiger charge is 2.18. The van der Waals surface area contributed by atoms with Gasteiger partial charge in [-0.05, 0) is 30.7 Å². The van der Waals surface area contributed by atoms with E-state index in [9.17, 15) is 14.0 Å². The quantitative estimate of drug-likeness (QED) is 0.294. The minimum absolute atomic E-state index is 0.0394. The van der Waals surface area contributed by atoms with Gasteiger partial charge in [0.1, 0.15) is 22.9 Å². The number of hydrogen-bond donors (Lipinski definition) is 4. The average Bonchev–Trinajstić information content (AvgIpc) is 3.25. The van der Waals surface area contributed by atoms with Gasteiger partial charge in [0.2, 0.25) is 0 Å². The molecule has 0 saturated carbocycles. The largest absolute Gasteiger partial charge is 0.396 e. The molecule has 0 aliphatic carbocycles. The number of carbonyl (C=O) groups excluding carboxylic acids is 1. The SMILES string of the molecule is CNc1cc(Nc2cccn(-c3ncccc3F)c2=O)nc2c(C(=O)NCCCO)cnn12. The van der Waals surface area contributed by atoms with Gasteiger partial charge < -0.3 is 21.1 Å². The van der Waals surface area contributed by atoms with E-state index in [2.05, 4.69) is 31.0 Å². The molecule has 4 N–H and O–H groups in total. The van der Waals surface area contributed by atoms with Crippen molar-refractivity contribution in [2.75, 3.05) is 30.8 Å². The van der Waals surface area contributed by atoms with E-state index in [-0.39, 0.29) is 35.1 Å². The van der Waals surface area contributed by atoms with Crippen LogP contribution in [0.5, 0.6) is 0 Å². The van der Waals surface area contributed by atoms with Gasteiger partial charge in [-0.15, -0.1) is 0 Å². The number of nitrogens with one attached hydrogen (secondary N) is 3. The van der Waals surface area contributed by atoms with E-state index < -0.39 is 17.3 Å². The Bertz CT molecular complexity index is 1370. The Morgan fingerprint density at radius 1 is 1.27 bits per heavy atom. The number of pyridine rings is 2. The number of rotatable bonds is 8. The molecule has 0 saturated heterocycles. The molecule has 4 aromatic rings. The molecule has 12 heteroatoms. The maximum atomic E-state index is 14.2. The van der Waals surface area contributed by atoms with Crippen LogP contribution in [0.3, 0.4) is 0 Å². The molecule has 0 atom stereocenters. The van der Waals surface area contributed by atoms with E-state index in [1.807, 2.05) is 0 Å². The van der Waals surface area contributed by atoms with E-state index in [1.165, 1.54) is 41.3 Å². The molecule has 33 heavy (non-hydrogen) atoms. The highest BCUT2D eigenvalue weighted by atomic mass is 19.1. The van der Waals surface area contributed by atoms with Gasteiger partial charge in [-0.25, -0.2) is 14.4 Å². The van der Waals surface area contributed by atoms with Gasteiger partial charge in [0, 0.05) is 38.7 Å². The van der Waals surface area contributed by atoms with Crippen LogP contribution in [0.25, 0.3) is 11.5 Å². The molecule has 170 valence electrons. The molecule has 0 spiro atoms. The second-order valence-corrected chi connectivity index (χ2v) is 6.93. The van der Waals surface area contributed by atoms with E-state index in [1.54, 1.807) is 19.2 Å². The fourth-order valence-corrected chi connectivity index (χ4v) is 3.19. The standard InChI is InChI=1S/C21H21FN8O3/c1-23-17-11-16(28-18-13(12-26-30(17)18)20(32)25-8-4-10-31)27-15-6-3-9-29(21(15)33)19-14(22)5-2-7-24-19/h2-3,5-7,9,11-12,23,31H,4,8,10H2,1H3,(H,25,32)(H,27,28). The summed E-state index contributed by atoms with van der Waals surface area (Å²) in [4.78, 5) is 33.9. The lowest BCUT2D eigenvalue weighted by Gasteiger charge is -2.12. The summed E-state index contributed by atoms with van der Waals surface area (Å²) in [6.07, 6.45) is 4.62. The summed E-state index contributed by atoms with van der Waals surface area (Å²) in [5, 5.41) is 21.7. The molecule has 4 heterocycles. The molecular weight excluding hydrogens is 431 g/mol. The number of aliphatic hydroxyl groups excluding tert-OH is 1. The highest BCUT2D eigenvalue weighted by Crippen LogP contribution is 2.21. The second-order valence-electron chi connectivity index (χ2n) is 6.93. The number of hydrogen-bond acceptors (Lipinski definition) is 8. The van der Waals surface area contributed by atoms with E-state index in [0.717, 1.165) is 4.57 Å². The zero-order valence-corrected chi connectivity index (χ0v) is 17.6. The van der Waals surface area contributed by atoms with Crippen LogP contribution in [0.1, 0.15) is 16.8 Å². The maximum absolute atomic E-state index is 14.2. The van der Waals surface area contributed by atoms with Gasteiger partial charge >= 0.3 is 0 Å². The predicted molar refractivity (Wildman–Crippen MR) is 120 cm³/mol. The zero-order chi connectivity index (χ0) is 23.4. The van der Waals surface area contributed by atoms with Crippen LogP contribution in [-0.2, 0) is 0 Å². The van der Waals surface area contributed by atoms with E-state index >= 15 is 0 Å². The summed E-state index contributed by atoms with van der Waals surface area (Å²) < 4.78 is 16.7. The summed E-state index contributed by atoms with van der Waals surface area (Å²) in [5.41, 5.74) is 0.0974. The van der Waals surface area contributed by atoms with Crippen molar-refractivity contribution in [1.29, 1.82) is 0 Å². The monoisotopic (exact) mass is 452 g/mol. The van der Waals surface area contributed by atoms with Crippen molar-refractivity contribution in [3.8, 4) is 5.82 Å². The lowest BCUT2D eigenvalue weighted by atomic mass is 10.3.